The van der Waals surface area contributed by atoms with Gasteiger partial charge in [0.05, 0.1) is 29.2 Å². The van der Waals surface area contributed by atoms with E-state index in [-0.39, 0.29) is 17.4 Å². The zero-order valence-electron chi connectivity index (χ0n) is 22.8. The Hall–Kier alpha value is -4.14. The lowest BCUT2D eigenvalue weighted by atomic mass is 9.78. The highest BCUT2D eigenvalue weighted by Gasteiger charge is 2.28. The van der Waals surface area contributed by atoms with E-state index in [1.54, 1.807) is 17.8 Å². The standard InChI is InChI=1S/C30H36N6O3/c1-4-8-24-26-27(36(3)35-24)30(38)34-28(33-26)21-17-20(15-16-25(21)39-5-2)18-11-13-19(14-12-18)29(37)32-23-10-7-6-9-22(23)31/h6-7,9-10,15-19H,4-5,8,11-14,31H2,1-3H3,(H,32,37)(H,33,34,38)/t18-,19+. The molecule has 1 saturated carbocycles. The van der Waals surface area contributed by atoms with Gasteiger partial charge in [-0.1, -0.05) is 31.5 Å². The molecule has 0 aliphatic heterocycles. The molecule has 204 valence electrons. The van der Waals surface area contributed by atoms with Gasteiger partial charge in [0, 0.05) is 13.0 Å². The Morgan fingerprint density at radius 1 is 1.15 bits per heavy atom. The molecule has 0 bridgehead atoms. The Balaban J connectivity index is 1.40. The zero-order valence-corrected chi connectivity index (χ0v) is 22.8. The maximum absolute atomic E-state index is 13.1. The number of aromatic amines is 1. The van der Waals surface area contributed by atoms with Gasteiger partial charge in [-0.2, -0.15) is 5.10 Å². The van der Waals surface area contributed by atoms with Gasteiger partial charge >= 0.3 is 0 Å². The second kappa shape index (κ2) is 11.3. The average Bonchev–Trinajstić information content (AvgIpc) is 3.26. The number of nitrogens with two attached hydrogens (primary N) is 1. The number of benzene rings is 2. The van der Waals surface area contributed by atoms with Gasteiger partial charge in [-0.15, -0.1) is 0 Å². The number of anilines is 2. The highest BCUT2D eigenvalue weighted by atomic mass is 16.5. The minimum atomic E-state index is -0.217. The summed E-state index contributed by atoms with van der Waals surface area (Å²) in [5.74, 6) is 1.43. The van der Waals surface area contributed by atoms with Gasteiger partial charge in [-0.25, -0.2) is 4.98 Å². The lowest BCUT2D eigenvalue weighted by molar-refractivity contribution is -0.120. The minimum absolute atomic E-state index is 0.0214. The zero-order chi connectivity index (χ0) is 27.5. The van der Waals surface area contributed by atoms with Gasteiger partial charge in [0.15, 0.2) is 5.52 Å². The predicted octanol–water partition coefficient (Wildman–Crippen LogP) is 5.17. The van der Waals surface area contributed by atoms with Crippen molar-refractivity contribution in [3.8, 4) is 17.1 Å². The molecule has 0 spiro atoms. The molecule has 5 rings (SSSR count). The Kier molecular flexibility index (Phi) is 7.67. The minimum Gasteiger partial charge on any atom is -0.493 e. The normalized spacial score (nSPS) is 17.3. The van der Waals surface area contributed by atoms with Crippen molar-refractivity contribution in [2.45, 2.75) is 58.3 Å². The number of nitrogen functional groups attached to an aromatic ring is 1. The van der Waals surface area contributed by atoms with Crippen LogP contribution in [-0.2, 0) is 18.3 Å². The van der Waals surface area contributed by atoms with Crippen LogP contribution >= 0.6 is 0 Å². The van der Waals surface area contributed by atoms with Crippen LogP contribution in [0.5, 0.6) is 5.75 Å². The van der Waals surface area contributed by atoms with Crippen LogP contribution in [0.3, 0.4) is 0 Å². The van der Waals surface area contributed by atoms with Crippen LogP contribution in [0.15, 0.2) is 47.3 Å². The van der Waals surface area contributed by atoms with E-state index in [0.717, 1.165) is 55.3 Å². The second-order valence-electron chi connectivity index (χ2n) is 10.2. The molecule has 1 amide bonds. The molecule has 2 heterocycles. The molecule has 0 saturated heterocycles. The van der Waals surface area contributed by atoms with E-state index in [0.29, 0.717) is 46.5 Å². The van der Waals surface area contributed by atoms with Crippen molar-refractivity contribution in [3.63, 3.8) is 0 Å². The Morgan fingerprint density at radius 2 is 1.92 bits per heavy atom. The fourth-order valence-corrected chi connectivity index (χ4v) is 5.58. The molecule has 0 atom stereocenters. The monoisotopic (exact) mass is 528 g/mol. The van der Waals surface area contributed by atoms with Crippen molar-refractivity contribution in [2.75, 3.05) is 17.7 Å². The number of H-pyrrole nitrogens is 1. The predicted molar refractivity (Wildman–Crippen MR) is 154 cm³/mol. The van der Waals surface area contributed by atoms with Gasteiger partial charge in [-0.05, 0) is 74.8 Å². The number of carbonyl (C=O) groups is 1. The van der Waals surface area contributed by atoms with E-state index in [4.69, 9.17) is 15.5 Å². The van der Waals surface area contributed by atoms with E-state index in [1.807, 2.05) is 31.2 Å². The van der Waals surface area contributed by atoms with Gasteiger partial charge in [-0.3, -0.25) is 14.3 Å². The highest BCUT2D eigenvalue weighted by Crippen LogP contribution is 2.39. The van der Waals surface area contributed by atoms with Crippen LogP contribution < -0.4 is 21.3 Å². The first kappa shape index (κ1) is 26.5. The molecule has 9 nitrogen and oxygen atoms in total. The van der Waals surface area contributed by atoms with Crippen molar-refractivity contribution in [1.29, 1.82) is 0 Å². The van der Waals surface area contributed by atoms with Crippen LogP contribution in [-0.4, -0.2) is 32.3 Å². The largest absolute Gasteiger partial charge is 0.493 e. The summed E-state index contributed by atoms with van der Waals surface area (Å²) in [6.07, 6.45) is 5.03. The maximum atomic E-state index is 13.1. The number of hydrogen-bond acceptors (Lipinski definition) is 6. The first-order valence-electron chi connectivity index (χ1n) is 13.8. The molecule has 4 N–H and O–H groups in total. The van der Waals surface area contributed by atoms with E-state index in [2.05, 4.69) is 34.5 Å². The van der Waals surface area contributed by atoms with Crippen molar-refractivity contribution >= 4 is 28.3 Å². The number of fused-ring (bicyclic) bond motifs is 1. The van der Waals surface area contributed by atoms with E-state index < -0.39 is 0 Å². The third kappa shape index (κ3) is 5.39. The molecule has 1 fully saturated rings. The number of amides is 1. The number of aryl methyl sites for hydroxylation is 2. The summed E-state index contributed by atoms with van der Waals surface area (Å²) >= 11 is 0. The first-order chi connectivity index (χ1) is 18.9. The van der Waals surface area contributed by atoms with Crippen LogP contribution in [0.2, 0.25) is 0 Å². The van der Waals surface area contributed by atoms with Crippen LogP contribution in [0.4, 0.5) is 11.4 Å². The number of carbonyl (C=O) groups excluding carboxylic acids is 1. The maximum Gasteiger partial charge on any atom is 0.277 e. The second-order valence-corrected chi connectivity index (χ2v) is 10.2. The van der Waals surface area contributed by atoms with Crippen molar-refractivity contribution in [2.24, 2.45) is 13.0 Å². The van der Waals surface area contributed by atoms with Crippen molar-refractivity contribution in [1.82, 2.24) is 19.7 Å². The fourth-order valence-electron chi connectivity index (χ4n) is 5.58. The molecular formula is C30H36N6O3. The number of nitrogens with one attached hydrogen (secondary N) is 2. The summed E-state index contributed by atoms with van der Waals surface area (Å²) in [7, 11) is 1.77. The third-order valence-electron chi connectivity index (χ3n) is 7.60. The molecule has 39 heavy (non-hydrogen) atoms. The fraction of sp³-hybridized carbons (Fsp3) is 0.400. The van der Waals surface area contributed by atoms with E-state index in [1.165, 1.54) is 0 Å². The number of nitrogens with zero attached hydrogens (tertiary/aromatic N) is 3. The average molecular weight is 529 g/mol. The molecule has 0 unspecified atom stereocenters. The third-order valence-corrected chi connectivity index (χ3v) is 7.60. The number of para-hydroxylation sites is 2. The molecule has 0 radical (unpaired) electrons. The molecule has 4 aromatic rings. The van der Waals surface area contributed by atoms with Gasteiger partial charge in [0.25, 0.3) is 5.56 Å². The SMILES string of the molecule is CCCc1nn(C)c2c(=O)[nH]c(-c3cc([C@H]4CC[C@@H](C(=O)Nc5ccccc5N)CC4)ccc3OCC)nc12. The molecular weight excluding hydrogens is 492 g/mol. The summed E-state index contributed by atoms with van der Waals surface area (Å²) in [4.78, 5) is 33.8. The van der Waals surface area contributed by atoms with Gasteiger partial charge in [0.1, 0.15) is 17.1 Å². The molecule has 1 aliphatic carbocycles. The highest BCUT2D eigenvalue weighted by molar-refractivity contribution is 5.95. The molecule has 1 aliphatic rings. The van der Waals surface area contributed by atoms with E-state index >= 15 is 0 Å². The first-order valence-corrected chi connectivity index (χ1v) is 13.8. The van der Waals surface area contributed by atoms with E-state index in [9.17, 15) is 9.59 Å². The van der Waals surface area contributed by atoms with Crippen molar-refractivity contribution in [3.05, 3.63) is 64.1 Å². The quantitative estimate of drug-likeness (QED) is 0.271. The summed E-state index contributed by atoms with van der Waals surface area (Å²) in [5.41, 5.74) is 10.9. The number of ether oxygens (including phenoxy) is 1. The Bertz CT molecular complexity index is 1550. The molecule has 2 aromatic carbocycles. The lowest BCUT2D eigenvalue weighted by Gasteiger charge is -2.28. The molecule has 2 aromatic heterocycles. The van der Waals surface area contributed by atoms with Crippen LogP contribution in [0.25, 0.3) is 22.4 Å². The van der Waals surface area contributed by atoms with Crippen LogP contribution in [0, 0.1) is 5.92 Å². The summed E-state index contributed by atoms with van der Waals surface area (Å²) in [5, 5.41) is 7.53. The lowest BCUT2D eigenvalue weighted by Crippen LogP contribution is -2.27. The summed E-state index contributed by atoms with van der Waals surface area (Å²) in [6, 6.07) is 13.5. The van der Waals surface area contributed by atoms with Gasteiger partial charge < -0.3 is 20.8 Å². The Morgan fingerprint density at radius 3 is 2.64 bits per heavy atom. The summed E-state index contributed by atoms with van der Waals surface area (Å²) < 4.78 is 7.55. The number of rotatable bonds is 8. The number of hydrogen-bond donors (Lipinski definition) is 3. The summed E-state index contributed by atoms with van der Waals surface area (Å²) in [6.45, 7) is 4.52. The number of aromatic nitrogens is 4. The van der Waals surface area contributed by atoms with Crippen LogP contribution in [0.1, 0.15) is 63.1 Å². The Labute approximate surface area is 227 Å². The van der Waals surface area contributed by atoms with Gasteiger partial charge in [0.2, 0.25) is 5.91 Å². The smallest absolute Gasteiger partial charge is 0.277 e. The van der Waals surface area contributed by atoms with Crippen molar-refractivity contribution < 1.29 is 9.53 Å². The molecule has 9 heteroatoms. The topological polar surface area (TPSA) is 128 Å².